The Bertz CT molecular complexity index is 1070. The Labute approximate surface area is 212 Å². The fourth-order valence-corrected chi connectivity index (χ4v) is 5.07. The lowest BCUT2D eigenvalue weighted by molar-refractivity contribution is -0.154. The van der Waals surface area contributed by atoms with Crippen LogP contribution in [0.5, 0.6) is 0 Å². The molecule has 4 atom stereocenters. The van der Waals surface area contributed by atoms with Crippen LogP contribution >= 0.6 is 11.3 Å². The quantitative estimate of drug-likeness (QED) is 0.582. The molecule has 0 radical (unpaired) electrons. The number of carbonyl (C=O) groups is 2. The van der Waals surface area contributed by atoms with Gasteiger partial charge in [-0.15, -0.1) is 11.3 Å². The summed E-state index contributed by atoms with van der Waals surface area (Å²) in [6.07, 6.45) is 1.50. The third-order valence-electron chi connectivity index (χ3n) is 7.03. The fraction of sp³-hybridized carbons (Fsp3) is 0.536. The van der Waals surface area contributed by atoms with Crippen molar-refractivity contribution in [3.05, 3.63) is 57.0 Å². The fourth-order valence-electron chi connectivity index (χ4n) is 4.50. The number of fused-ring (bicyclic) bond motifs is 2. The number of rotatable bonds is 2. The molecule has 2 heterocycles. The molecule has 0 saturated heterocycles. The molecule has 0 amide bonds. The molecule has 0 saturated carbocycles. The first-order valence-electron chi connectivity index (χ1n) is 12.3. The number of benzene rings is 1. The molecule has 6 nitrogen and oxygen atoms in total. The lowest BCUT2D eigenvalue weighted by Gasteiger charge is -2.33. The number of cyclic esters (lactones) is 1. The number of nitrogens with zero attached hydrogens (tertiary/aromatic N) is 1. The summed E-state index contributed by atoms with van der Waals surface area (Å²) in [4.78, 5) is 30.5. The molecule has 0 fully saturated rings. The minimum Gasteiger partial charge on any atom is -0.458 e. The summed E-state index contributed by atoms with van der Waals surface area (Å²) in [5.74, 6) is -1.48. The van der Waals surface area contributed by atoms with Gasteiger partial charge in [0.05, 0.1) is 34.7 Å². The van der Waals surface area contributed by atoms with E-state index < -0.39 is 35.6 Å². The second-order valence-electron chi connectivity index (χ2n) is 10.2. The Morgan fingerprint density at radius 1 is 1.17 bits per heavy atom. The van der Waals surface area contributed by atoms with Crippen molar-refractivity contribution in [3.63, 3.8) is 0 Å². The lowest BCUT2D eigenvalue weighted by Crippen LogP contribution is -2.44. The highest BCUT2D eigenvalue weighted by Crippen LogP contribution is 2.31. The summed E-state index contributed by atoms with van der Waals surface area (Å²) in [6.45, 7) is 8.80. The van der Waals surface area contributed by atoms with E-state index in [1.54, 1.807) is 32.1 Å². The van der Waals surface area contributed by atoms with Crippen LogP contribution in [-0.4, -0.2) is 45.3 Å². The number of aryl methyl sites for hydroxylation is 3. The Hall–Kier alpha value is -2.35. The predicted molar refractivity (Wildman–Crippen MR) is 138 cm³/mol. The number of Topliss-reactive ketones (excluding diaryl/α,β-unsaturated/α-hetero) is 1. The van der Waals surface area contributed by atoms with E-state index in [4.69, 9.17) is 4.74 Å². The number of aliphatic hydroxyl groups excluding tert-OH is 2. The molecule has 0 aliphatic carbocycles. The van der Waals surface area contributed by atoms with Gasteiger partial charge in [0, 0.05) is 11.3 Å². The van der Waals surface area contributed by atoms with Crippen molar-refractivity contribution < 1.29 is 24.5 Å². The first kappa shape index (κ1) is 27.2. The number of ketones is 1. The number of hydrogen-bond acceptors (Lipinski definition) is 7. The first-order chi connectivity index (χ1) is 16.5. The molecular formula is C28H37NO5S. The zero-order valence-corrected chi connectivity index (χ0v) is 22.1. The van der Waals surface area contributed by atoms with Crippen molar-refractivity contribution >= 4 is 29.2 Å². The number of ether oxygens (including phenoxy) is 1. The summed E-state index contributed by atoms with van der Waals surface area (Å²) >= 11 is 1.56. The second-order valence-corrected chi connectivity index (χ2v) is 11.3. The van der Waals surface area contributed by atoms with Gasteiger partial charge in [0.2, 0.25) is 0 Å². The minimum absolute atomic E-state index is 0.266. The van der Waals surface area contributed by atoms with E-state index in [1.807, 2.05) is 43.5 Å². The van der Waals surface area contributed by atoms with Crippen LogP contribution in [0.15, 0.2) is 35.2 Å². The maximum Gasteiger partial charge on any atom is 0.309 e. The van der Waals surface area contributed by atoms with Gasteiger partial charge in [0.1, 0.15) is 11.9 Å². The van der Waals surface area contributed by atoms with Crippen LogP contribution in [0.4, 0.5) is 0 Å². The number of thiazole rings is 1. The summed E-state index contributed by atoms with van der Waals surface area (Å²) < 4.78 is 5.86. The molecule has 1 aliphatic heterocycles. The molecule has 1 aromatic carbocycles. The molecule has 0 unspecified atom stereocenters. The van der Waals surface area contributed by atoms with Gasteiger partial charge in [0.15, 0.2) is 0 Å². The average molecular weight is 500 g/mol. The zero-order chi connectivity index (χ0) is 25.8. The van der Waals surface area contributed by atoms with E-state index in [-0.39, 0.29) is 12.2 Å². The Morgan fingerprint density at radius 3 is 2.46 bits per heavy atom. The van der Waals surface area contributed by atoms with Crippen LogP contribution < -0.4 is 0 Å². The molecule has 2 bridgehead atoms. The van der Waals surface area contributed by atoms with Crippen molar-refractivity contribution in [3.8, 4) is 0 Å². The first-order valence-corrected chi connectivity index (χ1v) is 13.1. The Kier molecular flexibility index (Phi) is 9.02. The van der Waals surface area contributed by atoms with Gasteiger partial charge in [-0.2, -0.15) is 0 Å². The lowest BCUT2D eigenvalue weighted by atomic mass is 9.74. The summed E-state index contributed by atoms with van der Waals surface area (Å²) in [6, 6.07) is 8.17. The van der Waals surface area contributed by atoms with Gasteiger partial charge in [0.25, 0.3) is 0 Å². The molecule has 1 aliphatic rings. The SMILES string of the molecule is C/C(=C\c1csc(C)n1)[C@@H]1CCc2cccc(c2)CC[C@H](O)[C@@H](C)C(=O)C(C)(C)[C@@H](O)CC(=O)O1. The van der Waals surface area contributed by atoms with Crippen molar-refractivity contribution in [2.45, 2.75) is 85.0 Å². The van der Waals surface area contributed by atoms with Gasteiger partial charge >= 0.3 is 5.97 Å². The monoisotopic (exact) mass is 499 g/mol. The Balaban J connectivity index is 1.91. The maximum absolute atomic E-state index is 13.2. The van der Waals surface area contributed by atoms with Crippen LogP contribution in [0.3, 0.4) is 0 Å². The number of aliphatic hydroxyl groups is 2. The topological polar surface area (TPSA) is 96.7 Å². The third kappa shape index (κ3) is 7.09. The molecule has 3 rings (SSSR count). The number of hydrogen-bond donors (Lipinski definition) is 2. The van der Waals surface area contributed by atoms with Crippen LogP contribution in [0, 0.1) is 18.3 Å². The van der Waals surface area contributed by atoms with Gasteiger partial charge in [-0.25, -0.2) is 4.98 Å². The van der Waals surface area contributed by atoms with Gasteiger partial charge in [-0.1, -0.05) is 45.0 Å². The van der Waals surface area contributed by atoms with Crippen LogP contribution in [0.2, 0.25) is 0 Å². The van der Waals surface area contributed by atoms with Crippen molar-refractivity contribution in [1.29, 1.82) is 0 Å². The standard InChI is InChI=1S/C28H37NO5S/c1-17(13-22-16-35-19(3)29-22)24-12-10-21-8-6-7-20(14-21)9-11-23(30)18(2)27(33)28(4,5)25(31)15-26(32)34-24/h6-8,13-14,16,18,23-25,30-31H,9-12,15H2,1-5H3/b17-13+/t18-,23+,24+,25+/m1/s1. The molecule has 35 heavy (non-hydrogen) atoms. The zero-order valence-electron chi connectivity index (χ0n) is 21.3. The van der Waals surface area contributed by atoms with E-state index in [0.717, 1.165) is 27.4 Å². The normalized spacial score (nSPS) is 26.9. The molecule has 0 spiro atoms. The largest absolute Gasteiger partial charge is 0.458 e. The van der Waals surface area contributed by atoms with Gasteiger partial charge in [-0.05, 0) is 62.3 Å². The molecule has 2 aromatic rings. The van der Waals surface area contributed by atoms with E-state index in [2.05, 4.69) is 11.1 Å². The van der Waals surface area contributed by atoms with Crippen LogP contribution in [-0.2, 0) is 27.2 Å². The molecule has 1 aromatic heterocycles. The maximum atomic E-state index is 13.2. The van der Waals surface area contributed by atoms with Crippen LogP contribution in [0.1, 0.15) is 68.8 Å². The van der Waals surface area contributed by atoms with E-state index in [0.29, 0.717) is 25.7 Å². The van der Waals surface area contributed by atoms with Crippen molar-refractivity contribution in [1.82, 2.24) is 4.98 Å². The average Bonchev–Trinajstić information content (AvgIpc) is 3.22. The van der Waals surface area contributed by atoms with Gasteiger partial charge < -0.3 is 14.9 Å². The Morgan fingerprint density at radius 2 is 1.83 bits per heavy atom. The smallest absolute Gasteiger partial charge is 0.309 e. The minimum atomic E-state index is -1.22. The van der Waals surface area contributed by atoms with Crippen molar-refractivity contribution in [2.24, 2.45) is 11.3 Å². The number of aromatic nitrogens is 1. The van der Waals surface area contributed by atoms with Crippen LogP contribution in [0.25, 0.3) is 6.08 Å². The third-order valence-corrected chi connectivity index (χ3v) is 7.82. The molecular weight excluding hydrogens is 462 g/mol. The summed E-state index contributed by atoms with van der Waals surface area (Å²) in [5.41, 5.74) is 2.71. The highest BCUT2D eigenvalue weighted by Gasteiger charge is 2.41. The molecule has 190 valence electrons. The molecule has 7 heteroatoms. The van der Waals surface area contributed by atoms with Crippen molar-refractivity contribution in [2.75, 3.05) is 0 Å². The van der Waals surface area contributed by atoms with E-state index in [9.17, 15) is 19.8 Å². The number of esters is 1. The van der Waals surface area contributed by atoms with E-state index in [1.165, 1.54) is 0 Å². The summed E-state index contributed by atoms with van der Waals surface area (Å²) in [7, 11) is 0. The van der Waals surface area contributed by atoms with Gasteiger partial charge in [-0.3, -0.25) is 9.59 Å². The number of carbonyl (C=O) groups excluding carboxylic acids is 2. The second kappa shape index (κ2) is 11.6. The summed E-state index contributed by atoms with van der Waals surface area (Å²) in [5, 5.41) is 24.4. The predicted octanol–water partition coefficient (Wildman–Crippen LogP) is 4.69. The van der Waals surface area contributed by atoms with E-state index >= 15 is 0 Å². The highest BCUT2D eigenvalue weighted by molar-refractivity contribution is 7.09. The molecule has 2 N–H and O–H groups in total. The highest BCUT2D eigenvalue weighted by atomic mass is 32.1.